The Morgan fingerprint density at radius 2 is 1.50 bits per heavy atom. The third-order valence-corrected chi connectivity index (χ3v) is 1.98. The summed E-state index contributed by atoms with van der Waals surface area (Å²) in [5, 5.41) is 0. The highest BCUT2D eigenvalue weighted by Crippen LogP contribution is 2.12. The molecule has 0 bridgehead atoms. The second kappa shape index (κ2) is 5.11. The average molecular weight is 219 g/mol. The molecule has 1 rings (SSSR count). The Bertz CT molecular complexity index is 400. The molecule has 0 saturated carbocycles. The molecule has 1 aromatic rings. The second-order valence-corrected chi connectivity index (χ2v) is 2.96. The highest BCUT2D eigenvalue weighted by molar-refractivity contribution is 5.95. The van der Waals surface area contributed by atoms with Gasteiger partial charge >= 0.3 is 11.9 Å². The number of methoxy groups -OCH3 is 2. The maximum Gasteiger partial charge on any atom is 0.337 e. The van der Waals surface area contributed by atoms with E-state index in [1.807, 2.05) is 0 Å². The summed E-state index contributed by atoms with van der Waals surface area (Å²) in [5.74, 6) is -1.05. The van der Waals surface area contributed by atoms with Gasteiger partial charge in [0.1, 0.15) is 0 Å². The van der Waals surface area contributed by atoms with Crippen LogP contribution in [0.15, 0.2) is 24.8 Å². The lowest BCUT2D eigenvalue weighted by Gasteiger charge is -2.04. The number of rotatable bonds is 3. The Kier molecular flexibility index (Phi) is 3.83. The van der Waals surface area contributed by atoms with E-state index < -0.39 is 11.9 Å². The molecular weight excluding hydrogens is 208 g/mol. The number of carbonyl (C=O) groups is 2. The largest absolute Gasteiger partial charge is 0.465 e. The minimum Gasteiger partial charge on any atom is -0.465 e. The van der Waals surface area contributed by atoms with Crippen LogP contribution in [0.3, 0.4) is 0 Å². The third-order valence-electron chi connectivity index (χ3n) is 1.98. The van der Waals surface area contributed by atoms with E-state index in [0.29, 0.717) is 5.56 Å². The quantitative estimate of drug-likeness (QED) is 0.724. The molecule has 4 nitrogen and oxygen atoms in total. The zero-order chi connectivity index (χ0) is 12.1. The molecule has 16 heavy (non-hydrogen) atoms. The van der Waals surface area contributed by atoms with E-state index in [1.165, 1.54) is 32.4 Å². The average Bonchev–Trinajstić information content (AvgIpc) is 2.35. The first-order chi connectivity index (χ1) is 7.62. The van der Waals surface area contributed by atoms with Gasteiger partial charge in [-0.15, -0.1) is 0 Å². The van der Waals surface area contributed by atoms with Gasteiger partial charge in [-0.25, -0.2) is 9.59 Å². The van der Waals surface area contributed by atoms with Gasteiger partial charge in [0.2, 0.25) is 0 Å². The lowest BCUT2D eigenvalue weighted by Crippen LogP contribution is -2.07. The number of hydrogen-bond donors (Lipinski definition) is 0. The molecule has 0 aromatic heterocycles. The van der Waals surface area contributed by atoms with E-state index in [9.17, 15) is 9.59 Å². The van der Waals surface area contributed by atoms with Crippen LogP contribution in [0.2, 0.25) is 0 Å². The van der Waals surface area contributed by atoms with Crippen molar-refractivity contribution in [3.8, 4) is 0 Å². The Hall–Kier alpha value is -2.10. The van der Waals surface area contributed by atoms with Crippen molar-refractivity contribution in [1.82, 2.24) is 0 Å². The van der Waals surface area contributed by atoms with Crippen LogP contribution in [0.5, 0.6) is 0 Å². The van der Waals surface area contributed by atoms with Crippen molar-refractivity contribution in [2.24, 2.45) is 0 Å². The maximum absolute atomic E-state index is 11.3. The summed E-state index contributed by atoms with van der Waals surface area (Å²) in [6.07, 6.45) is 2.60. The van der Waals surface area contributed by atoms with E-state index in [4.69, 9.17) is 0 Å². The Morgan fingerprint density at radius 3 is 1.81 bits per heavy atom. The zero-order valence-corrected chi connectivity index (χ0v) is 9.07. The van der Waals surface area contributed by atoms with Gasteiger partial charge in [0, 0.05) is 0 Å². The molecule has 0 atom stereocenters. The minimum absolute atomic E-state index is 0.261. The smallest absolute Gasteiger partial charge is 0.337 e. The Balaban J connectivity index is 3.26. The molecule has 0 aliphatic carbocycles. The van der Waals surface area contributed by atoms with Crippen molar-refractivity contribution in [1.29, 1.82) is 0 Å². The highest BCUT2D eigenvalue weighted by atomic mass is 16.5. The van der Waals surface area contributed by atoms with Crippen molar-refractivity contribution in [2.45, 2.75) is 0 Å². The fourth-order valence-electron chi connectivity index (χ4n) is 1.20. The summed E-state index contributed by atoms with van der Waals surface area (Å²) < 4.78 is 9.13. The highest BCUT2D eigenvalue weighted by Gasteiger charge is 2.12. The minimum atomic E-state index is -0.526. The monoisotopic (exact) mass is 219 g/mol. The van der Waals surface area contributed by atoms with Gasteiger partial charge in [-0.1, -0.05) is 6.58 Å². The summed E-state index contributed by atoms with van der Waals surface area (Å²) in [7, 11) is 2.54. The van der Waals surface area contributed by atoms with E-state index in [2.05, 4.69) is 22.1 Å². The third kappa shape index (κ3) is 2.48. The van der Waals surface area contributed by atoms with Crippen LogP contribution in [-0.2, 0) is 9.47 Å². The first kappa shape index (κ1) is 12.0. The van der Waals surface area contributed by atoms with E-state index in [1.54, 1.807) is 0 Å². The van der Waals surface area contributed by atoms with E-state index in [0.717, 1.165) is 0 Å². The molecule has 1 aromatic carbocycles. The summed E-state index contributed by atoms with van der Waals surface area (Å²) >= 11 is 0. The zero-order valence-electron chi connectivity index (χ0n) is 9.07. The summed E-state index contributed by atoms with van der Waals surface area (Å²) in [4.78, 5) is 22.6. The van der Waals surface area contributed by atoms with Crippen LogP contribution in [-0.4, -0.2) is 26.2 Å². The first-order valence-corrected chi connectivity index (χ1v) is 4.47. The fraction of sp³-hybridized carbons (Fsp3) is 0.167. The van der Waals surface area contributed by atoms with E-state index >= 15 is 0 Å². The predicted molar refractivity (Wildman–Crippen MR) is 57.1 cm³/mol. The summed E-state index contributed by atoms with van der Waals surface area (Å²) in [5.41, 5.74) is 1.05. The standard InChI is InChI=1S/C12H11O4/c1-4-8-5-9(11(13)15-2)7-10(6-8)12(14)16-3/h5-7H,1H2,2-3H3. The Morgan fingerprint density at radius 1 is 1.06 bits per heavy atom. The van der Waals surface area contributed by atoms with Crippen LogP contribution in [0.25, 0.3) is 0 Å². The molecule has 0 aliphatic heterocycles. The van der Waals surface area contributed by atoms with Gasteiger partial charge in [-0.3, -0.25) is 0 Å². The molecule has 1 radical (unpaired) electrons. The van der Waals surface area contributed by atoms with Gasteiger partial charge in [0.15, 0.2) is 0 Å². The maximum atomic E-state index is 11.3. The predicted octanol–water partition coefficient (Wildman–Crippen LogP) is 1.60. The number of hydrogen-bond acceptors (Lipinski definition) is 4. The van der Waals surface area contributed by atoms with Crippen LogP contribution in [0.4, 0.5) is 0 Å². The molecule has 4 heteroatoms. The molecule has 0 spiro atoms. The van der Waals surface area contributed by atoms with Crippen LogP contribution in [0.1, 0.15) is 26.3 Å². The normalized spacial score (nSPS) is 9.38. The lowest BCUT2D eigenvalue weighted by atomic mass is 10.1. The molecule has 0 saturated heterocycles. The van der Waals surface area contributed by atoms with Crippen LogP contribution >= 0.6 is 0 Å². The van der Waals surface area contributed by atoms with Crippen molar-refractivity contribution in [3.63, 3.8) is 0 Å². The molecule has 83 valence electrons. The molecule has 0 N–H and O–H groups in total. The second-order valence-electron chi connectivity index (χ2n) is 2.96. The first-order valence-electron chi connectivity index (χ1n) is 4.47. The summed E-state index contributed by atoms with van der Waals surface area (Å²) in [6, 6.07) is 4.47. The van der Waals surface area contributed by atoms with Gasteiger partial charge < -0.3 is 9.47 Å². The number of carbonyl (C=O) groups excluding carboxylic acids is 2. The Labute approximate surface area is 93.5 Å². The molecule has 0 unspecified atom stereocenters. The summed E-state index contributed by atoms with van der Waals surface area (Å²) in [6.45, 7) is 3.45. The van der Waals surface area contributed by atoms with Gasteiger partial charge in [-0.2, -0.15) is 0 Å². The molecule has 0 aliphatic rings. The van der Waals surface area contributed by atoms with Crippen molar-refractivity contribution < 1.29 is 19.1 Å². The van der Waals surface area contributed by atoms with E-state index in [-0.39, 0.29) is 11.1 Å². The van der Waals surface area contributed by atoms with Crippen molar-refractivity contribution >= 4 is 11.9 Å². The topological polar surface area (TPSA) is 52.6 Å². The number of ether oxygens (including phenoxy) is 2. The molecule has 0 heterocycles. The van der Waals surface area contributed by atoms with Gasteiger partial charge in [0.05, 0.1) is 25.3 Å². The number of benzene rings is 1. The van der Waals surface area contributed by atoms with Crippen LogP contribution < -0.4 is 0 Å². The van der Waals surface area contributed by atoms with Crippen molar-refractivity contribution in [3.05, 3.63) is 47.5 Å². The molecule has 0 amide bonds. The molecular formula is C12H11O4. The molecule has 0 fully saturated rings. The van der Waals surface area contributed by atoms with Crippen molar-refractivity contribution in [2.75, 3.05) is 14.2 Å². The van der Waals surface area contributed by atoms with Gasteiger partial charge in [-0.05, 0) is 29.8 Å². The fourth-order valence-corrected chi connectivity index (χ4v) is 1.20. The van der Waals surface area contributed by atoms with Gasteiger partial charge in [0.25, 0.3) is 0 Å². The number of esters is 2. The van der Waals surface area contributed by atoms with Crippen LogP contribution in [0, 0.1) is 6.08 Å². The lowest BCUT2D eigenvalue weighted by molar-refractivity contribution is 0.0599. The SMILES string of the molecule is C=[C]c1cc(C(=O)OC)cc(C(=O)OC)c1.